The first kappa shape index (κ1) is 18.6. The summed E-state index contributed by atoms with van der Waals surface area (Å²) in [6.07, 6.45) is 2.54. The molecule has 1 aliphatic heterocycles. The lowest BCUT2D eigenvalue weighted by atomic mass is 10.1. The zero-order valence-corrected chi connectivity index (χ0v) is 15.0. The van der Waals surface area contributed by atoms with Gasteiger partial charge in [-0.3, -0.25) is 14.6 Å². The molecule has 2 amide bonds. The van der Waals surface area contributed by atoms with Gasteiger partial charge in [0.05, 0.1) is 17.3 Å². The normalized spacial score (nSPS) is 16.4. The number of likely N-dealkylation sites (tertiary alicyclic amines) is 1. The van der Waals surface area contributed by atoms with Crippen molar-refractivity contribution in [1.29, 1.82) is 0 Å². The van der Waals surface area contributed by atoms with Gasteiger partial charge in [0.1, 0.15) is 0 Å². The van der Waals surface area contributed by atoms with Crippen molar-refractivity contribution in [2.75, 3.05) is 13.1 Å². The fraction of sp³-hybridized carbons (Fsp3) is 0.300. The van der Waals surface area contributed by atoms with Crippen LogP contribution in [0, 0.1) is 0 Å². The molecule has 0 bridgehead atoms. The van der Waals surface area contributed by atoms with Crippen LogP contribution < -0.4 is 5.32 Å². The molecule has 140 valence electrons. The van der Waals surface area contributed by atoms with E-state index in [1.807, 2.05) is 6.92 Å². The van der Waals surface area contributed by atoms with Gasteiger partial charge in [-0.15, -0.1) is 0 Å². The quantitative estimate of drug-likeness (QED) is 0.815. The molecule has 1 saturated heterocycles. The zero-order chi connectivity index (χ0) is 19.4. The summed E-state index contributed by atoms with van der Waals surface area (Å²) in [6.45, 7) is 3.29. The van der Waals surface area contributed by atoms with Crippen molar-refractivity contribution in [3.63, 3.8) is 0 Å². The van der Waals surface area contributed by atoms with Crippen LogP contribution in [-0.4, -0.2) is 51.9 Å². The van der Waals surface area contributed by atoms with Gasteiger partial charge >= 0.3 is 5.97 Å². The molecule has 1 aromatic carbocycles. The first-order valence-electron chi connectivity index (χ1n) is 8.86. The summed E-state index contributed by atoms with van der Waals surface area (Å²) < 4.78 is 0. The molecule has 1 unspecified atom stereocenters. The highest BCUT2D eigenvalue weighted by Gasteiger charge is 2.30. The minimum absolute atomic E-state index is 0.0772. The maximum atomic E-state index is 12.4. The third-order valence-electron chi connectivity index (χ3n) is 4.50. The van der Waals surface area contributed by atoms with Crippen LogP contribution in [0.4, 0.5) is 0 Å². The van der Waals surface area contributed by atoms with E-state index >= 15 is 0 Å². The molecule has 3 rings (SSSR count). The van der Waals surface area contributed by atoms with E-state index in [4.69, 9.17) is 5.11 Å². The predicted octanol–water partition coefficient (Wildman–Crippen LogP) is 2.19. The number of carboxylic acids is 1. The van der Waals surface area contributed by atoms with Crippen molar-refractivity contribution in [2.45, 2.75) is 25.8 Å². The lowest BCUT2D eigenvalue weighted by molar-refractivity contribution is -0.127. The van der Waals surface area contributed by atoms with Crippen molar-refractivity contribution in [2.24, 2.45) is 0 Å². The molecule has 1 atom stereocenters. The zero-order valence-electron chi connectivity index (χ0n) is 15.0. The number of nitrogens with one attached hydrogen (secondary N) is 1. The van der Waals surface area contributed by atoms with E-state index in [0.717, 1.165) is 12.0 Å². The minimum Gasteiger partial charge on any atom is -0.478 e. The number of carbonyl (C=O) groups is 3. The average molecular weight is 367 g/mol. The van der Waals surface area contributed by atoms with Crippen LogP contribution >= 0.6 is 0 Å². The van der Waals surface area contributed by atoms with Crippen LogP contribution in [0.1, 0.15) is 40.5 Å². The van der Waals surface area contributed by atoms with Crippen molar-refractivity contribution in [3.05, 3.63) is 53.7 Å². The number of benzene rings is 1. The number of rotatable bonds is 6. The molecular formula is C20H21N3O4. The number of nitrogens with zero attached hydrogens (tertiary/aromatic N) is 2. The highest BCUT2D eigenvalue weighted by atomic mass is 16.4. The Bertz CT molecular complexity index is 847. The Labute approximate surface area is 157 Å². The fourth-order valence-electron chi connectivity index (χ4n) is 3.11. The molecule has 1 fully saturated rings. The minimum atomic E-state index is -1.02. The van der Waals surface area contributed by atoms with Crippen molar-refractivity contribution in [3.8, 4) is 11.3 Å². The first-order valence-corrected chi connectivity index (χ1v) is 8.86. The summed E-state index contributed by atoms with van der Waals surface area (Å²) in [6, 6.07) is 9.87. The number of carboxylic acid groups (broad SMARTS) is 1. The molecule has 7 heteroatoms. The molecule has 27 heavy (non-hydrogen) atoms. The van der Waals surface area contributed by atoms with Gasteiger partial charge in [0.25, 0.3) is 5.91 Å². The van der Waals surface area contributed by atoms with Gasteiger partial charge < -0.3 is 15.3 Å². The largest absolute Gasteiger partial charge is 0.478 e. The molecule has 2 heterocycles. The van der Waals surface area contributed by atoms with Crippen molar-refractivity contribution >= 4 is 17.8 Å². The topological polar surface area (TPSA) is 99.6 Å². The molecule has 7 nitrogen and oxygen atoms in total. The second-order valence-corrected chi connectivity index (χ2v) is 6.53. The maximum Gasteiger partial charge on any atom is 0.337 e. The van der Waals surface area contributed by atoms with E-state index in [1.165, 1.54) is 12.3 Å². The van der Waals surface area contributed by atoms with Gasteiger partial charge in [0.2, 0.25) is 5.91 Å². The lowest BCUT2D eigenvalue weighted by Gasteiger charge is -2.16. The fourth-order valence-corrected chi connectivity index (χ4v) is 3.11. The summed E-state index contributed by atoms with van der Waals surface area (Å²) >= 11 is 0. The van der Waals surface area contributed by atoms with E-state index in [0.29, 0.717) is 30.8 Å². The number of hydrogen-bond acceptors (Lipinski definition) is 4. The standard InChI is InChI=1S/C20H21N3O4/c1-2-9-23-12-16(10-18(23)24)22-19(25)14-5-3-13(4-6-14)17-8-7-15(11-21-17)20(26)27/h3-8,11,16H,2,9-10,12H2,1H3,(H,22,25)(H,26,27). The molecular weight excluding hydrogens is 346 g/mol. The van der Waals surface area contributed by atoms with E-state index in [1.54, 1.807) is 35.2 Å². The molecule has 1 aliphatic rings. The Balaban J connectivity index is 1.64. The summed E-state index contributed by atoms with van der Waals surface area (Å²) in [5, 5.41) is 11.8. The van der Waals surface area contributed by atoms with Crippen LogP contribution in [0.15, 0.2) is 42.6 Å². The SMILES string of the molecule is CCCN1CC(NC(=O)c2ccc(-c3ccc(C(=O)O)cn3)cc2)CC1=O. The summed E-state index contributed by atoms with van der Waals surface area (Å²) in [4.78, 5) is 41.1. The van der Waals surface area contributed by atoms with Gasteiger partial charge in [-0.1, -0.05) is 19.1 Å². The number of hydrogen-bond donors (Lipinski definition) is 2. The van der Waals surface area contributed by atoms with Gasteiger partial charge in [0, 0.05) is 36.8 Å². The molecule has 0 saturated carbocycles. The number of aromatic nitrogens is 1. The van der Waals surface area contributed by atoms with E-state index in [9.17, 15) is 14.4 Å². The van der Waals surface area contributed by atoms with Gasteiger partial charge in [0.15, 0.2) is 0 Å². The van der Waals surface area contributed by atoms with E-state index < -0.39 is 5.97 Å². The number of amides is 2. The predicted molar refractivity (Wildman–Crippen MR) is 99.4 cm³/mol. The summed E-state index contributed by atoms with van der Waals surface area (Å²) in [5.74, 6) is -1.16. The van der Waals surface area contributed by atoms with Gasteiger partial charge in [-0.05, 0) is 30.7 Å². The van der Waals surface area contributed by atoms with Crippen LogP contribution in [-0.2, 0) is 4.79 Å². The smallest absolute Gasteiger partial charge is 0.337 e. The maximum absolute atomic E-state index is 12.4. The Morgan fingerprint density at radius 2 is 1.89 bits per heavy atom. The summed E-state index contributed by atoms with van der Waals surface area (Å²) in [7, 11) is 0. The molecule has 0 spiro atoms. The van der Waals surface area contributed by atoms with Crippen LogP contribution in [0.5, 0.6) is 0 Å². The van der Waals surface area contributed by atoms with Crippen LogP contribution in [0.3, 0.4) is 0 Å². The van der Waals surface area contributed by atoms with Crippen molar-refractivity contribution in [1.82, 2.24) is 15.2 Å². The first-order chi connectivity index (χ1) is 13.0. The molecule has 2 aromatic rings. The monoisotopic (exact) mass is 367 g/mol. The van der Waals surface area contributed by atoms with E-state index in [-0.39, 0.29) is 23.4 Å². The van der Waals surface area contributed by atoms with Crippen LogP contribution in [0.2, 0.25) is 0 Å². The molecule has 2 N–H and O–H groups in total. The Kier molecular flexibility index (Phi) is 5.49. The number of aromatic carboxylic acids is 1. The van der Waals surface area contributed by atoms with Gasteiger partial charge in [-0.25, -0.2) is 4.79 Å². The number of carbonyl (C=O) groups excluding carboxylic acids is 2. The van der Waals surface area contributed by atoms with Gasteiger partial charge in [-0.2, -0.15) is 0 Å². The molecule has 1 aromatic heterocycles. The number of pyridine rings is 1. The Morgan fingerprint density at radius 1 is 1.19 bits per heavy atom. The Hall–Kier alpha value is -3.22. The van der Waals surface area contributed by atoms with Crippen molar-refractivity contribution < 1.29 is 19.5 Å². The molecule has 0 radical (unpaired) electrons. The van der Waals surface area contributed by atoms with Crippen LogP contribution in [0.25, 0.3) is 11.3 Å². The van der Waals surface area contributed by atoms with E-state index in [2.05, 4.69) is 10.3 Å². The highest BCUT2D eigenvalue weighted by molar-refractivity contribution is 5.95. The third-order valence-corrected chi connectivity index (χ3v) is 4.50. The summed E-state index contributed by atoms with van der Waals surface area (Å²) in [5.41, 5.74) is 2.04. The highest BCUT2D eigenvalue weighted by Crippen LogP contribution is 2.18. The second-order valence-electron chi connectivity index (χ2n) is 6.53. The molecule has 0 aliphatic carbocycles. The average Bonchev–Trinajstić information content (AvgIpc) is 3.01. The lowest BCUT2D eigenvalue weighted by Crippen LogP contribution is -2.37. The Morgan fingerprint density at radius 3 is 2.48 bits per heavy atom. The third kappa shape index (κ3) is 4.31. The second kappa shape index (κ2) is 7.99.